The summed E-state index contributed by atoms with van der Waals surface area (Å²) in [6.07, 6.45) is 0. The van der Waals surface area contributed by atoms with Gasteiger partial charge in [0.1, 0.15) is 11.2 Å². The summed E-state index contributed by atoms with van der Waals surface area (Å²) < 4.78 is 82.8. The fraction of sp³-hybridized carbons (Fsp3) is 0. The highest BCUT2D eigenvalue weighted by Gasteiger charge is 2.19. The molecule has 2 heteroatoms. The molecule has 2 nitrogen and oxygen atoms in total. The van der Waals surface area contributed by atoms with Crippen molar-refractivity contribution in [3.63, 3.8) is 0 Å². The van der Waals surface area contributed by atoms with Crippen LogP contribution >= 0.6 is 0 Å². The number of hydrogen-bond donors (Lipinski definition) is 0. The SMILES string of the molecule is [2H]c1c([2H])c2c([2H])c([2H])c3c(-c4ccc5c(c4)c4cc6c(cc4n5-c4ccccc4)oc4ccccc46)c([2H])c([2H])c4c([2H])c([2H])c(c1-c1ccccc1)c2c43. The van der Waals surface area contributed by atoms with Crippen molar-refractivity contribution in [2.45, 2.75) is 0 Å². The van der Waals surface area contributed by atoms with Crippen molar-refractivity contribution in [2.75, 3.05) is 0 Å². The van der Waals surface area contributed by atoms with Crippen molar-refractivity contribution >= 4 is 76.1 Å². The fourth-order valence-electron chi connectivity index (χ4n) is 7.47. The smallest absolute Gasteiger partial charge is 0.137 e. The molecule has 48 heavy (non-hydrogen) atoms. The quantitative estimate of drug-likeness (QED) is 0.180. The van der Waals surface area contributed by atoms with Gasteiger partial charge in [-0.05, 0) is 91.0 Å². The lowest BCUT2D eigenvalue weighted by Crippen LogP contribution is -1.93. The summed E-state index contributed by atoms with van der Waals surface area (Å²) in [5.41, 5.74) is 5.99. The van der Waals surface area contributed by atoms with Gasteiger partial charge in [0.2, 0.25) is 0 Å². The van der Waals surface area contributed by atoms with Crippen LogP contribution in [0.2, 0.25) is 0 Å². The van der Waals surface area contributed by atoms with Crippen LogP contribution in [-0.2, 0) is 0 Å². The average Bonchev–Trinajstić information content (AvgIpc) is 3.74. The van der Waals surface area contributed by atoms with Gasteiger partial charge >= 0.3 is 0 Å². The maximum absolute atomic E-state index is 9.47. The van der Waals surface area contributed by atoms with E-state index < -0.39 is 0 Å². The number of hydrogen-bond acceptors (Lipinski definition) is 1. The van der Waals surface area contributed by atoms with E-state index in [4.69, 9.17) is 7.16 Å². The van der Waals surface area contributed by atoms with Crippen LogP contribution in [0.25, 0.3) is 104 Å². The Hall–Kier alpha value is -6.38. The molecule has 0 fully saturated rings. The summed E-state index contributed by atoms with van der Waals surface area (Å²) in [6, 6.07) is 34.9. The van der Waals surface area contributed by atoms with Crippen molar-refractivity contribution in [1.82, 2.24) is 4.57 Å². The molecule has 0 atom stereocenters. The average molecular weight is 618 g/mol. The van der Waals surface area contributed by atoms with Gasteiger partial charge in [-0.1, -0.05) is 121 Å². The minimum absolute atomic E-state index is 0.0249. The van der Waals surface area contributed by atoms with E-state index in [0.717, 1.165) is 49.4 Å². The van der Waals surface area contributed by atoms with E-state index in [-0.39, 0.29) is 86.4 Å². The summed E-state index contributed by atoms with van der Waals surface area (Å²) in [5.74, 6) is 0. The summed E-state index contributed by atoms with van der Waals surface area (Å²) in [7, 11) is 0. The monoisotopic (exact) mass is 617 g/mol. The molecule has 2 aromatic heterocycles. The molecule has 0 spiro atoms. The van der Waals surface area contributed by atoms with Gasteiger partial charge in [-0.2, -0.15) is 0 Å². The zero-order chi connectivity index (χ0) is 38.3. The van der Waals surface area contributed by atoms with Gasteiger partial charge in [-0.25, -0.2) is 0 Å². The summed E-state index contributed by atoms with van der Waals surface area (Å²) in [6.45, 7) is 0. The molecule has 222 valence electrons. The lowest BCUT2D eigenvalue weighted by atomic mass is 9.87. The summed E-state index contributed by atoms with van der Waals surface area (Å²) in [4.78, 5) is 0. The molecule has 0 aliphatic rings. The van der Waals surface area contributed by atoms with Gasteiger partial charge in [0, 0.05) is 33.3 Å². The van der Waals surface area contributed by atoms with Crippen LogP contribution in [0.4, 0.5) is 0 Å². The minimum atomic E-state index is -0.298. The van der Waals surface area contributed by atoms with Gasteiger partial charge in [0.25, 0.3) is 0 Å². The molecule has 11 aromatic rings. The maximum atomic E-state index is 9.47. The van der Waals surface area contributed by atoms with Crippen molar-refractivity contribution in [1.29, 1.82) is 0 Å². The second-order valence-electron chi connectivity index (χ2n) is 12.2. The van der Waals surface area contributed by atoms with E-state index in [1.165, 1.54) is 0 Å². The Balaban J connectivity index is 1.31. The van der Waals surface area contributed by atoms with E-state index >= 15 is 0 Å². The number of benzene rings is 9. The lowest BCUT2D eigenvalue weighted by Gasteiger charge is -2.16. The molecule has 0 amide bonds. The van der Waals surface area contributed by atoms with E-state index in [9.17, 15) is 8.22 Å². The van der Waals surface area contributed by atoms with Crippen LogP contribution < -0.4 is 0 Å². The minimum Gasteiger partial charge on any atom is -0.456 e. The standard InChI is InChI=1S/C46H27NO/c1-3-9-28(10-4-1)33-20-15-29-18-23-37-34(21-16-30-17-22-36(33)45(29)46(30)37)31-19-24-41-38(25-31)39-26-40-35-13-7-8-14-43(35)48-44(40)27-42(39)47(41)32-11-5-2-6-12-32/h1-27H/i15D,16D,17D,18D,20D,21D,22D,23D. The Morgan fingerprint density at radius 3 is 1.79 bits per heavy atom. The number of para-hydroxylation sites is 2. The largest absolute Gasteiger partial charge is 0.456 e. The van der Waals surface area contributed by atoms with E-state index in [2.05, 4.69) is 16.7 Å². The molecule has 0 unspecified atom stereocenters. The maximum Gasteiger partial charge on any atom is 0.137 e. The van der Waals surface area contributed by atoms with Crippen molar-refractivity contribution in [2.24, 2.45) is 0 Å². The third-order valence-corrected chi connectivity index (χ3v) is 9.63. The normalized spacial score (nSPS) is 14.5. The van der Waals surface area contributed by atoms with Crippen LogP contribution in [0.1, 0.15) is 11.0 Å². The highest BCUT2D eigenvalue weighted by atomic mass is 16.3. The van der Waals surface area contributed by atoms with Gasteiger partial charge in [0.05, 0.1) is 22.0 Å². The number of furan rings is 1. The van der Waals surface area contributed by atoms with Gasteiger partial charge < -0.3 is 8.98 Å². The number of rotatable bonds is 3. The van der Waals surface area contributed by atoms with Crippen molar-refractivity contribution in [3.8, 4) is 27.9 Å². The van der Waals surface area contributed by atoms with Gasteiger partial charge in [-0.3, -0.25) is 0 Å². The Morgan fingerprint density at radius 1 is 0.417 bits per heavy atom. The predicted octanol–water partition coefficient (Wildman–Crippen LogP) is 12.9. The number of nitrogens with zero attached hydrogens (tertiary/aromatic N) is 1. The first-order valence-electron chi connectivity index (χ1n) is 19.9. The topological polar surface area (TPSA) is 18.1 Å². The van der Waals surface area contributed by atoms with Crippen LogP contribution in [-0.4, -0.2) is 4.57 Å². The number of fused-ring (bicyclic) bond motifs is 6. The van der Waals surface area contributed by atoms with Crippen molar-refractivity contribution < 1.29 is 15.4 Å². The number of aromatic nitrogens is 1. The van der Waals surface area contributed by atoms with E-state index in [1.54, 1.807) is 24.3 Å². The van der Waals surface area contributed by atoms with Crippen LogP contribution in [0.15, 0.2) is 168 Å². The zero-order valence-corrected chi connectivity index (χ0v) is 25.3. The Bertz CT molecular complexity index is 3500. The van der Waals surface area contributed by atoms with Gasteiger partial charge in [0.15, 0.2) is 0 Å². The molecule has 9 aromatic carbocycles. The van der Waals surface area contributed by atoms with Crippen LogP contribution in [0, 0.1) is 0 Å². The summed E-state index contributed by atoms with van der Waals surface area (Å²) in [5, 5.41) is 4.83. The zero-order valence-electron chi connectivity index (χ0n) is 33.3. The van der Waals surface area contributed by atoms with Crippen LogP contribution in [0.5, 0.6) is 0 Å². The highest BCUT2D eigenvalue weighted by molar-refractivity contribution is 6.28. The van der Waals surface area contributed by atoms with Crippen LogP contribution in [0.3, 0.4) is 0 Å². The molecule has 0 saturated heterocycles. The second kappa shape index (κ2) is 9.57. The molecule has 11 rings (SSSR count). The highest BCUT2D eigenvalue weighted by Crippen LogP contribution is 2.44. The molecule has 0 bridgehead atoms. The molecule has 0 radical (unpaired) electrons. The molecule has 0 N–H and O–H groups in total. The molecule has 0 aliphatic carbocycles. The summed E-state index contributed by atoms with van der Waals surface area (Å²) >= 11 is 0. The first-order chi connectivity index (χ1) is 27.2. The molecular weight excluding hydrogens is 583 g/mol. The Kier molecular flexibility index (Phi) is 3.85. The molecule has 0 aliphatic heterocycles. The first-order valence-corrected chi connectivity index (χ1v) is 15.9. The van der Waals surface area contributed by atoms with E-state index in [1.807, 2.05) is 78.9 Å². The molecular formula is C46H27NO. The van der Waals surface area contributed by atoms with Gasteiger partial charge in [-0.15, -0.1) is 0 Å². The lowest BCUT2D eigenvalue weighted by molar-refractivity contribution is 0.669. The van der Waals surface area contributed by atoms with E-state index in [0.29, 0.717) is 16.5 Å². The fourth-order valence-corrected chi connectivity index (χ4v) is 7.47. The first kappa shape index (κ1) is 19.3. The van der Waals surface area contributed by atoms with Crippen molar-refractivity contribution in [3.05, 3.63) is 164 Å². The molecule has 0 saturated carbocycles. The Labute approximate surface area is 287 Å². The second-order valence-corrected chi connectivity index (χ2v) is 12.2. The third kappa shape index (κ3) is 3.52. The Morgan fingerprint density at radius 2 is 1.04 bits per heavy atom. The predicted molar refractivity (Wildman–Crippen MR) is 203 cm³/mol. The molecule has 2 heterocycles. The third-order valence-electron chi connectivity index (χ3n) is 9.63.